The summed E-state index contributed by atoms with van der Waals surface area (Å²) in [6, 6.07) is 4.26. The molecule has 4 nitrogen and oxygen atoms in total. The van der Waals surface area contributed by atoms with Crippen molar-refractivity contribution in [3.05, 3.63) is 29.6 Å². The maximum atomic E-state index is 14.1. The number of carboxylic acids is 1. The van der Waals surface area contributed by atoms with Gasteiger partial charge in [-0.2, -0.15) is 0 Å². The number of hydrogen-bond donors (Lipinski definition) is 1. The third-order valence-electron chi connectivity index (χ3n) is 3.55. The molecule has 0 heterocycles. The number of carboxylic acid groups (broad SMARTS) is 1. The van der Waals surface area contributed by atoms with Crippen molar-refractivity contribution >= 4 is 5.97 Å². The van der Waals surface area contributed by atoms with Gasteiger partial charge in [-0.3, -0.25) is 9.69 Å². The van der Waals surface area contributed by atoms with E-state index in [1.165, 1.54) is 13.2 Å². The molecule has 0 radical (unpaired) electrons. The number of aliphatic carboxylic acids is 1. The highest BCUT2D eigenvalue weighted by atomic mass is 19.1. The van der Waals surface area contributed by atoms with E-state index in [1.54, 1.807) is 12.1 Å². The quantitative estimate of drug-likeness (QED) is 0.835. The predicted molar refractivity (Wildman–Crippen MR) is 75.5 cm³/mol. The highest BCUT2D eigenvalue weighted by Gasteiger charge is 2.26. The highest BCUT2D eigenvalue weighted by Crippen LogP contribution is 2.32. The zero-order valence-corrected chi connectivity index (χ0v) is 12.4. The van der Waals surface area contributed by atoms with Crippen LogP contribution in [0.1, 0.15) is 38.8 Å². The smallest absolute Gasteiger partial charge is 0.304 e. The summed E-state index contributed by atoms with van der Waals surface area (Å²) < 4.78 is 19.3. The lowest BCUT2D eigenvalue weighted by atomic mass is 10.0. The van der Waals surface area contributed by atoms with Crippen molar-refractivity contribution in [1.82, 2.24) is 4.90 Å². The van der Waals surface area contributed by atoms with E-state index in [-0.39, 0.29) is 24.3 Å². The standard InChI is InChI=1S/C15H22FNO3/c1-5-17(10(2)9-14(18)19)11(3)15-12(16)7-6-8-13(15)20-4/h6-8,10-11H,5,9H2,1-4H3,(H,18,19). The van der Waals surface area contributed by atoms with Gasteiger partial charge in [-0.05, 0) is 32.5 Å². The Morgan fingerprint density at radius 3 is 2.60 bits per heavy atom. The summed E-state index contributed by atoms with van der Waals surface area (Å²) in [6.45, 7) is 6.26. The summed E-state index contributed by atoms with van der Waals surface area (Å²) >= 11 is 0. The number of nitrogens with zero attached hydrogens (tertiary/aromatic N) is 1. The van der Waals surface area contributed by atoms with Gasteiger partial charge in [-0.15, -0.1) is 0 Å². The van der Waals surface area contributed by atoms with Crippen molar-refractivity contribution < 1.29 is 19.0 Å². The Labute approximate surface area is 119 Å². The first kappa shape index (κ1) is 16.4. The molecule has 0 bridgehead atoms. The van der Waals surface area contributed by atoms with Crippen LogP contribution in [0.5, 0.6) is 5.75 Å². The molecule has 0 aliphatic heterocycles. The summed E-state index contributed by atoms with van der Waals surface area (Å²) in [6.07, 6.45) is 0.0228. The second-order valence-corrected chi connectivity index (χ2v) is 4.81. The molecule has 1 rings (SSSR count). The predicted octanol–water partition coefficient (Wildman–Crippen LogP) is 3.08. The second-order valence-electron chi connectivity index (χ2n) is 4.81. The molecule has 0 aliphatic rings. The van der Waals surface area contributed by atoms with Crippen LogP contribution in [0.25, 0.3) is 0 Å². The van der Waals surface area contributed by atoms with E-state index in [9.17, 15) is 9.18 Å². The van der Waals surface area contributed by atoms with E-state index in [0.717, 1.165) is 0 Å². The Balaban J connectivity index is 3.08. The molecule has 0 fully saturated rings. The SMILES string of the molecule is CCN(C(C)CC(=O)O)C(C)c1c(F)cccc1OC. The van der Waals surface area contributed by atoms with E-state index >= 15 is 0 Å². The molecule has 0 spiro atoms. The third-order valence-corrected chi connectivity index (χ3v) is 3.55. The van der Waals surface area contributed by atoms with Crippen molar-refractivity contribution in [1.29, 1.82) is 0 Å². The van der Waals surface area contributed by atoms with Gasteiger partial charge in [0.05, 0.1) is 13.5 Å². The Morgan fingerprint density at radius 2 is 2.10 bits per heavy atom. The van der Waals surface area contributed by atoms with Crippen LogP contribution in [0.3, 0.4) is 0 Å². The average Bonchev–Trinajstić information content (AvgIpc) is 2.37. The first-order valence-electron chi connectivity index (χ1n) is 6.72. The van der Waals surface area contributed by atoms with E-state index in [2.05, 4.69) is 0 Å². The number of rotatable bonds is 7. The van der Waals surface area contributed by atoms with Gasteiger partial charge in [0.25, 0.3) is 0 Å². The molecule has 112 valence electrons. The van der Waals surface area contributed by atoms with Crippen molar-refractivity contribution in [3.8, 4) is 5.75 Å². The van der Waals surface area contributed by atoms with Crippen molar-refractivity contribution in [2.24, 2.45) is 0 Å². The van der Waals surface area contributed by atoms with Crippen molar-refractivity contribution in [2.75, 3.05) is 13.7 Å². The van der Waals surface area contributed by atoms with Gasteiger partial charge in [0.15, 0.2) is 0 Å². The zero-order chi connectivity index (χ0) is 15.3. The lowest BCUT2D eigenvalue weighted by Crippen LogP contribution is -2.37. The van der Waals surface area contributed by atoms with Gasteiger partial charge in [0, 0.05) is 17.6 Å². The molecule has 0 aliphatic carbocycles. The fourth-order valence-corrected chi connectivity index (χ4v) is 2.60. The Bertz CT molecular complexity index is 464. The maximum absolute atomic E-state index is 14.1. The number of ether oxygens (including phenoxy) is 1. The van der Waals surface area contributed by atoms with Crippen LogP contribution in [0, 0.1) is 5.82 Å². The summed E-state index contributed by atoms with van der Waals surface area (Å²) in [7, 11) is 1.50. The Morgan fingerprint density at radius 1 is 1.45 bits per heavy atom. The summed E-state index contributed by atoms with van der Waals surface area (Å²) in [5, 5.41) is 8.91. The molecule has 1 aromatic rings. The van der Waals surface area contributed by atoms with Crippen molar-refractivity contribution in [2.45, 2.75) is 39.3 Å². The average molecular weight is 283 g/mol. The largest absolute Gasteiger partial charge is 0.496 e. The minimum Gasteiger partial charge on any atom is -0.496 e. The van der Waals surface area contributed by atoms with E-state index in [1.807, 2.05) is 25.7 Å². The minimum atomic E-state index is -0.858. The van der Waals surface area contributed by atoms with Crippen LogP contribution in [0.15, 0.2) is 18.2 Å². The number of benzene rings is 1. The molecule has 2 atom stereocenters. The van der Waals surface area contributed by atoms with E-state index in [0.29, 0.717) is 17.9 Å². The molecule has 1 aromatic carbocycles. The van der Waals surface area contributed by atoms with E-state index in [4.69, 9.17) is 9.84 Å². The summed E-state index contributed by atoms with van der Waals surface area (Å²) in [5.41, 5.74) is 0.467. The van der Waals surface area contributed by atoms with Crippen LogP contribution in [0.2, 0.25) is 0 Å². The topological polar surface area (TPSA) is 49.8 Å². The van der Waals surface area contributed by atoms with Crippen molar-refractivity contribution in [3.63, 3.8) is 0 Å². The lowest BCUT2D eigenvalue weighted by Gasteiger charge is -2.33. The molecule has 2 unspecified atom stereocenters. The highest BCUT2D eigenvalue weighted by molar-refractivity contribution is 5.67. The van der Waals surface area contributed by atoms with Gasteiger partial charge < -0.3 is 9.84 Å². The van der Waals surface area contributed by atoms with Gasteiger partial charge >= 0.3 is 5.97 Å². The van der Waals surface area contributed by atoms with Crippen LogP contribution in [-0.2, 0) is 4.79 Å². The number of hydrogen-bond acceptors (Lipinski definition) is 3. The molecular weight excluding hydrogens is 261 g/mol. The molecule has 5 heteroatoms. The minimum absolute atomic E-state index is 0.0228. The Kier molecular flexibility index (Phi) is 5.95. The van der Waals surface area contributed by atoms with Gasteiger partial charge in [-0.25, -0.2) is 4.39 Å². The molecule has 20 heavy (non-hydrogen) atoms. The van der Waals surface area contributed by atoms with Crippen LogP contribution >= 0.6 is 0 Å². The van der Waals surface area contributed by atoms with E-state index < -0.39 is 5.97 Å². The third kappa shape index (κ3) is 3.70. The fraction of sp³-hybridized carbons (Fsp3) is 0.533. The number of methoxy groups -OCH3 is 1. The lowest BCUT2D eigenvalue weighted by molar-refractivity contribution is -0.138. The molecule has 0 amide bonds. The number of halogens is 1. The maximum Gasteiger partial charge on any atom is 0.304 e. The fourth-order valence-electron chi connectivity index (χ4n) is 2.60. The Hall–Kier alpha value is -1.62. The van der Waals surface area contributed by atoms with Crippen LogP contribution in [-0.4, -0.2) is 35.7 Å². The molecule has 0 saturated carbocycles. The number of carbonyl (C=O) groups is 1. The summed E-state index contributed by atoms with van der Waals surface area (Å²) in [5.74, 6) is -0.708. The summed E-state index contributed by atoms with van der Waals surface area (Å²) in [4.78, 5) is 12.8. The monoisotopic (exact) mass is 283 g/mol. The molecular formula is C15H22FNO3. The first-order chi connectivity index (χ1) is 9.42. The normalized spacial score (nSPS) is 14.1. The van der Waals surface area contributed by atoms with Crippen LogP contribution in [0.4, 0.5) is 4.39 Å². The zero-order valence-electron chi connectivity index (χ0n) is 12.4. The first-order valence-corrected chi connectivity index (χ1v) is 6.72. The van der Waals surface area contributed by atoms with Gasteiger partial charge in [0.1, 0.15) is 11.6 Å². The molecule has 1 N–H and O–H groups in total. The molecule has 0 aromatic heterocycles. The second kappa shape index (κ2) is 7.24. The van der Waals surface area contributed by atoms with Gasteiger partial charge in [0.2, 0.25) is 0 Å². The van der Waals surface area contributed by atoms with Crippen LogP contribution < -0.4 is 4.74 Å². The molecule has 0 saturated heterocycles. The van der Waals surface area contributed by atoms with Gasteiger partial charge in [-0.1, -0.05) is 13.0 Å².